The molecule has 3 aromatic heterocycles. The Morgan fingerprint density at radius 2 is 1.85 bits per heavy atom. The molecule has 1 N–H and O–H groups in total. The highest BCUT2D eigenvalue weighted by Crippen LogP contribution is 2.25. The molecule has 1 saturated heterocycles. The Morgan fingerprint density at radius 3 is 2.54 bits per heavy atom. The number of pyridine rings is 1. The molecule has 3 aromatic rings. The number of nitrogens with one attached hydrogen (secondary N) is 1. The third-order valence-corrected chi connectivity index (χ3v) is 4.39. The average molecular weight is 349 g/mol. The number of hydrogen-bond acceptors (Lipinski definition) is 6. The van der Waals surface area contributed by atoms with Crippen LogP contribution in [0.3, 0.4) is 0 Å². The molecule has 132 valence electrons. The van der Waals surface area contributed by atoms with Gasteiger partial charge in [0.15, 0.2) is 5.82 Å². The summed E-state index contributed by atoms with van der Waals surface area (Å²) < 4.78 is 1.80. The lowest BCUT2D eigenvalue weighted by Crippen LogP contribution is -2.52. The van der Waals surface area contributed by atoms with Gasteiger partial charge in [-0.1, -0.05) is 0 Å². The van der Waals surface area contributed by atoms with E-state index in [-0.39, 0.29) is 11.8 Å². The van der Waals surface area contributed by atoms with Gasteiger partial charge in [0.25, 0.3) is 0 Å². The van der Waals surface area contributed by atoms with Gasteiger partial charge in [-0.15, -0.1) is 0 Å². The van der Waals surface area contributed by atoms with Crippen LogP contribution in [0.25, 0.3) is 5.82 Å². The third-order valence-electron chi connectivity index (χ3n) is 4.39. The quantitative estimate of drug-likeness (QED) is 0.772. The van der Waals surface area contributed by atoms with Crippen molar-refractivity contribution in [1.82, 2.24) is 24.7 Å². The highest BCUT2D eigenvalue weighted by Gasteiger charge is 2.33. The summed E-state index contributed by atoms with van der Waals surface area (Å²) in [5, 5.41) is 7.36. The maximum atomic E-state index is 12.3. The molecule has 0 radical (unpaired) electrons. The fraction of sp³-hybridized carbons (Fsp3) is 0.278. The van der Waals surface area contributed by atoms with E-state index in [0.717, 1.165) is 28.7 Å². The fourth-order valence-electron chi connectivity index (χ4n) is 3.00. The summed E-state index contributed by atoms with van der Waals surface area (Å²) in [4.78, 5) is 27.0. The van der Waals surface area contributed by atoms with Crippen LogP contribution in [0.1, 0.15) is 11.4 Å². The van der Waals surface area contributed by atoms with E-state index in [0.29, 0.717) is 13.1 Å². The largest absolute Gasteiger partial charge is 0.355 e. The predicted octanol–water partition coefficient (Wildman–Crippen LogP) is 1.75. The minimum absolute atomic E-state index is 0.0141. The summed E-state index contributed by atoms with van der Waals surface area (Å²) >= 11 is 0. The summed E-state index contributed by atoms with van der Waals surface area (Å²) in [6.45, 7) is 5.20. The Labute approximate surface area is 150 Å². The summed E-state index contributed by atoms with van der Waals surface area (Å²) in [5.41, 5.74) is 2.72. The summed E-state index contributed by atoms with van der Waals surface area (Å²) in [6.07, 6.45) is 4.85. The normalized spacial score (nSPS) is 14.2. The standard InChI is InChI=1S/C18H19N7O/c1-12-7-13(2)25(23-12)17-8-16(20-11-21-17)24-9-14(10-24)18(26)22-15-3-5-19-6-4-15/h3-8,11,14H,9-10H2,1-2H3,(H,19,22,26). The minimum Gasteiger partial charge on any atom is -0.355 e. The first-order valence-electron chi connectivity index (χ1n) is 8.41. The molecule has 26 heavy (non-hydrogen) atoms. The maximum Gasteiger partial charge on any atom is 0.231 e. The lowest BCUT2D eigenvalue weighted by atomic mass is 9.99. The number of aryl methyl sites for hydroxylation is 2. The monoisotopic (exact) mass is 349 g/mol. The van der Waals surface area contributed by atoms with Crippen molar-refractivity contribution in [2.75, 3.05) is 23.3 Å². The SMILES string of the molecule is Cc1cc(C)n(-c2cc(N3CC(C(=O)Nc4ccncc4)C3)ncn2)n1. The van der Waals surface area contributed by atoms with E-state index < -0.39 is 0 Å². The molecule has 4 heterocycles. The molecule has 1 fully saturated rings. The molecule has 0 unspecified atom stereocenters. The average Bonchev–Trinajstić information content (AvgIpc) is 2.93. The van der Waals surface area contributed by atoms with Gasteiger partial charge in [-0.2, -0.15) is 5.10 Å². The van der Waals surface area contributed by atoms with Crippen molar-refractivity contribution in [3.05, 3.63) is 54.4 Å². The van der Waals surface area contributed by atoms with E-state index >= 15 is 0 Å². The molecule has 8 heteroatoms. The number of aromatic nitrogens is 5. The number of anilines is 2. The van der Waals surface area contributed by atoms with Crippen LogP contribution in [0.15, 0.2) is 43.0 Å². The van der Waals surface area contributed by atoms with Gasteiger partial charge in [0.2, 0.25) is 5.91 Å². The molecule has 1 amide bonds. The summed E-state index contributed by atoms with van der Waals surface area (Å²) in [7, 11) is 0. The highest BCUT2D eigenvalue weighted by molar-refractivity contribution is 5.94. The lowest BCUT2D eigenvalue weighted by molar-refractivity contribution is -0.120. The number of hydrogen-bond donors (Lipinski definition) is 1. The van der Waals surface area contributed by atoms with Crippen LogP contribution in [0, 0.1) is 19.8 Å². The van der Waals surface area contributed by atoms with Gasteiger partial charge >= 0.3 is 0 Å². The van der Waals surface area contributed by atoms with Crippen LogP contribution in [-0.4, -0.2) is 43.7 Å². The van der Waals surface area contributed by atoms with Crippen LogP contribution in [-0.2, 0) is 4.79 Å². The van der Waals surface area contributed by atoms with Gasteiger partial charge in [0, 0.05) is 42.9 Å². The predicted molar refractivity (Wildman–Crippen MR) is 97.2 cm³/mol. The third kappa shape index (κ3) is 3.13. The zero-order valence-electron chi connectivity index (χ0n) is 14.6. The van der Waals surface area contributed by atoms with E-state index in [9.17, 15) is 4.79 Å². The molecule has 1 aliphatic rings. The Balaban J connectivity index is 1.42. The molecular weight excluding hydrogens is 330 g/mol. The molecule has 1 aliphatic heterocycles. The molecular formula is C18H19N7O. The van der Waals surface area contributed by atoms with Crippen LogP contribution < -0.4 is 10.2 Å². The minimum atomic E-state index is -0.0599. The van der Waals surface area contributed by atoms with E-state index in [4.69, 9.17) is 0 Å². The fourth-order valence-corrected chi connectivity index (χ4v) is 3.00. The maximum absolute atomic E-state index is 12.3. The van der Waals surface area contributed by atoms with Crippen molar-refractivity contribution < 1.29 is 4.79 Å². The van der Waals surface area contributed by atoms with E-state index in [1.165, 1.54) is 6.33 Å². The Hall–Kier alpha value is -3.29. The van der Waals surface area contributed by atoms with Gasteiger partial charge in [-0.3, -0.25) is 9.78 Å². The molecule has 0 aromatic carbocycles. The number of nitrogens with zero attached hydrogens (tertiary/aromatic N) is 6. The van der Waals surface area contributed by atoms with Gasteiger partial charge in [-0.25, -0.2) is 14.6 Å². The topological polar surface area (TPSA) is 88.8 Å². The van der Waals surface area contributed by atoms with E-state index in [2.05, 4.69) is 30.3 Å². The van der Waals surface area contributed by atoms with E-state index in [1.54, 1.807) is 29.2 Å². The highest BCUT2D eigenvalue weighted by atomic mass is 16.2. The van der Waals surface area contributed by atoms with Crippen molar-refractivity contribution in [3.63, 3.8) is 0 Å². The van der Waals surface area contributed by atoms with Gasteiger partial charge < -0.3 is 10.2 Å². The van der Waals surface area contributed by atoms with Crippen LogP contribution >= 0.6 is 0 Å². The second kappa shape index (κ2) is 6.55. The zero-order chi connectivity index (χ0) is 18.1. The van der Waals surface area contributed by atoms with Crippen molar-refractivity contribution in [3.8, 4) is 5.82 Å². The first-order valence-corrected chi connectivity index (χ1v) is 8.41. The second-order valence-electron chi connectivity index (χ2n) is 6.40. The smallest absolute Gasteiger partial charge is 0.231 e. The van der Waals surface area contributed by atoms with Crippen molar-refractivity contribution in [1.29, 1.82) is 0 Å². The molecule has 4 rings (SSSR count). The summed E-state index contributed by atoms with van der Waals surface area (Å²) in [5.74, 6) is 1.48. The van der Waals surface area contributed by atoms with Crippen molar-refractivity contribution >= 4 is 17.4 Å². The van der Waals surface area contributed by atoms with Crippen LogP contribution in [0.2, 0.25) is 0 Å². The van der Waals surface area contributed by atoms with Crippen LogP contribution in [0.5, 0.6) is 0 Å². The number of amides is 1. The lowest BCUT2D eigenvalue weighted by Gasteiger charge is -2.39. The molecule has 0 bridgehead atoms. The number of carbonyl (C=O) groups excluding carboxylic acids is 1. The van der Waals surface area contributed by atoms with Gasteiger partial charge in [0.1, 0.15) is 12.1 Å². The molecule has 0 saturated carbocycles. The van der Waals surface area contributed by atoms with Gasteiger partial charge in [0.05, 0.1) is 11.6 Å². The zero-order valence-corrected chi connectivity index (χ0v) is 14.6. The van der Waals surface area contributed by atoms with Crippen molar-refractivity contribution in [2.45, 2.75) is 13.8 Å². The molecule has 0 atom stereocenters. The van der Waals surface area contributed by atoms with E-state index in [1.807, 2.05) is 26.0 Å². The second-order valence-corrected chi connectivity index (χ2v) is 6.40. The first kappa shape index (κ1) is 16.2. The number of rotatable bonds is 4. The summed E-state index contributed by atoms with van der Waals surface area (Å²) in [6, 6.07) is 7.46. The van der Waals surface area contributed by atoms with Crippen LogP contribution in [0.4, 0.5) is 11.5 Å². The molecule has 8 nitrogen and oxygen atoms in total. The Kier molecular flexibility index (Phi) is 4.08. The van der Waals surface area contributed by atoms with Crippen molar-refractivity contribution in [2.24, 2.45) is 5.92 Å². The van der Waals surface area contributed by atoms with Gasteiger partial charge in [-0.05, 0) is 32.0 Å². The molecule has 0 aliphatic carbocycles. The Bertz CT molecular complexity index is 932. The first-order chi connectivity index (χ1) is 12.6. The number of carbonyl (C=O) groups is 1. The molecule has 0 spiro atoms. The Morgan fingerprint density at radius 1 is 1.12 bits per heavy atom.